The number of nitrogens with zero attached hydrogens (tertiary/aromatic N) is 2. The molecule has 3 rings (SSSR count). The zero-order valence-electron chi connectivity index (χ0n) is 17.5. The first-order chi connectivity index (χ1) is 15.9. The van der Waals surface area contributed by atoms with E-state index in [1.54, 1.807) is 24.3 Å². The van der Waals surface area contributed by atoms with E-state index in [2.05, 4.69) is 33.1 Å². The molecule has 33 heavy (non-hydrogen) atoms. The lowest BCUT2D eigenvalue weighted by Crippen LogP contribution is -2.19. The predicted molar refractivity (Wildman–Crippen MR) is 129 cm³/mol. The van der Waals surface area contributed by atoms with Crippen LogP contribution in [0.15, 0.2) is 65.8 Å². The van der Waals surface area contributed by atoms with Crippen LogP contribution in [0.4, 0.5) is 10.1 Å². The molecule has 0 radical (unpaired) electrons. The number of nitro benzene ring substituents is 1. The highest BCUT2D eigenvalue weighted by atomic mass is 127. The summed E-state index contributed by atoms with van der Waals surface area (Å²) in [5.41, 5.74) is 4.41. The lowest BCUT2D eigenvalue weighted by molar-refractivity contribution is -0.384. The summed E-state index contributed by atoms with van der Waals surface area (Å²) in [6.45, 7) is 0.126. The second kappa shape index (κ2) is 11.4. The molecule has 10 heteroatoms. The van der Waals surface area contributed by atoms with Crippen molar-refractivity contribution in [3.63, 3.8) is 0 Å². The number of nitro groups is 1. The Balaban J connectivity index is 1.64. The van der Waals surface area contributed by atoms with E-state index in [9.17, 15) is 19.3 Å². The van der Waals surface area contributed by atoms with Crippen LogP contribution < -0.4 is 14.9 Å². The Hall–Kier alpha value is -3.54. The first-order valence-corrected chi connectivity index (χ1v) is 10.7. The van der Waals surface area contributed by atoms with Crippen molar-refractivity contribution >= 4 is 40.4 Å². The molecule has 0 fully saturated rings. The topological polar surface area (TPSA) is 103 Å². The Bertz CT molecular complexity index is 1190. The number of benzene rings is 3. The van der Waals surface area contributed by atoms with Gasteiger partial charge in [-0.25, -0.2) is 9.82 Å². The van der Waals surface area contributed by atoms with E-state index < -0.39 is 4.92 Å². The normalized spacial score (nSPS) is 10.8. The smallest absolute Gasteiger partial charge is 0.269 e. The predicted octanol–water partition coefficient (Wildman–Crippen LogP) is 4.62. The lowest BCUT2D eigenvalue weighted by atomic mass is 10.1. The van der Waals surface area contributed by atoms with E-state index in [0.717, 1.165) is 3.57 Å². The first-order valence-electron chi connectivity index (χ1n) is 9.65. The summed E-state index contributed by atoms with van der Waals surface area (Å²) in [4.78, 5) is 22.5. The van der Waals surface area contributed by atoms with Crippen LogP contribution in [0.5, 0.6) is 11.5 Å². The number of methoxy groups -OCH3 is 1. The van der Waals surface area contributed by atoms with Gasteiger partial charge in [0.25, 0.3) is 5.69 Å². The SMILES string of the molecule is COc1cc(/C=N/NC(=O)Cc2ccc(F)cc2)cc(I)c1OCc1cccc([N+](=O)[O-])c1. The molecule has 0 bridgehead atoms. The van der Waals surface area contributed by atoms with Gasteiger partial charge in [0, 0.05) is 12.1 Å². The Morgan fingerprint density at radius 3 is 2.64 bits per heavy atom. The van der Waals surface area contributed by atoms with Crippen LogP contribution >= 0.6 is 22.6 Å². The fraction of sp³-hybridized carbons (Fsp3) is 0.130. The number of hydrogen-bond acceptors (Lipinski definition) is 6. The highest BCUT2D eigenvalue weighted by molar-refractivity contribution is 14.1. The van der Waals surface area contributed by atoms with Gasteiger partial charge in [-0.15, -0.1) is 0 Å². The highest BCUT2D eigenvalue weighted by Gasteiger charge is 2.13. The van der Waals surface area contributed by atoms with Crippen molar-refractivity contribution in [1.82, 2.24) is 5.43 Å². The molecule has 8 nitrogen and oxygen atoms in total. The van der Waals surface area contributed by atoms with Gasteiger partial charge in [-0.2, -0.15) is 5.10 Å². The summed E-state index contributed by atoms with van der Waals surface area (Å²) < 4.78 is 25.0. The van der Waals surface area contributed by atoms with Crippen LogP contribution in [0.3, 0.4) is 0 Å². The van der Waals surface area contributed by atoms with Crippen molar-refractivity contribution in [2.24, 2.45) is 5.10 Å². The molecule has 0 unspecified atom stereocenters. The summed E-state index contributed by atoms with van der Waals surface area (Å²) >= 11 is 2.08. The number of carbonyl (C=O) groups excluding carboxylic acids is 1. The van der Waals surface area contributed by atoms with Gasteiger partial charge >= 0.3 is 0 Å². The van der Waals surface area contributed by atoms with E-state index >= 15 is 0 Å². The van der Waals surface area contributed by atoms with Gasteiger partial charge in [-0.1, -0.05) is 24.3 Å². The summed E-state index contributed by atoms with van der Waals surface area (Å²) in [6, 6.07) is 15.4. The molecule has 0 heterocycles. The van der Waals surface area contributed by atoms with Gasteiger partial charge in [-0.05, 0) is 63.5 Å². The van der Waals surface area contributed by atoms with Gasteiger partial charge < -0.3 is 9.47 Å². The Labute approximate surface area is 202 Å². The molecule has 0 aliphatic rings. The van der Waals surface area contributed by atoms with Crippen molar-refractivity contribution in [2.75, 3.05) is 7.11 Å². The maximum atomic E-state index is 12.9. The number of non-ortho nitro benzene ring substituents is 1. The fourth-order valence-corrected chi connectivity index (χ4v) is 3.66. The zero-order valence-corrected chi connectivity index (χ0v) is 19.6. The van der Waals surface area contributed by atoms with Crippen molar-refractivity contribution in [3.8, 4) is 11.5 Å². The van der Waals surface area contributed by atoms with Gasteiger partial charge in [0.1, 0.15) is 12.4 Å². The van der Waals surface area contributed by atoms with E-state index in [0.29, 0.717) is 28.2 Å². The zero-order chi connectivity index (χ0) is 23.8. The molecular weight excluding hydrogens is 544 g/mol. The minimum Gasteiger partial charge on any atom is -0.493 e. The number of amides is 1. The molecule has 0 aliphatic carbocycles. The van der Waals surface area contributed by atoms with Gasteiger partial charge in [0.2, 0.25) is 5.91 Å². The van der Waals surface area contributed by atoms with Crippen molar-refractivity contribution in [1.29, 1.82) is 0 Å². The average molecular weight is 563 g/mol. The van der Waals surface area contributed by atoms with E-state index in [1.165, 1.54) is 49.7 Å². The molecule has 0 spiro atoms. The number of carbonyl (C=O) groups is 1. The minimum absolute atomic E-state index is 0.00852. The van der Waals surface area contributed by atoms with Crippen molar-refractivity contribution < 1.29 is 23.6 Å². The summed E-state index contributed by atoms with van der Waals surface area (Å²) in [5.74, 6) is 0.239. The number of hydrogen-bond donors (Lipinski definition) is 1. The third-order valence-electron chi connectivity index (χ3n) is 4.44. The minimum atomic E-state index is -0.458. The first kappa shape index (κ1) is 24.1. The second-order valence-electron chi connectivity index (χ2n) is 6.85. The van der Waals surface area contributed by atoms with Gasteiger partial charge in [0.15, 0.2) is 11.5 Å². The molecule has 0 aromatic heterocycles. The number of rotatable bonds is 9. The van der Waals surface area contributed by atoms with Crippen molar-refractivity contribution in [2.45, 2.75) is 13.0 Å². The molecule has 170 valence electrons. The number of hydrazone groups is 1. The molecule has 1 N–H and O–H groups in total. The molecule has 0 saturated carbocycles. The Morgan fingerprint density at radius 1 is 1.18 bits per heavy atom. The highest BCUT2D eigenvalue weighted by Crippen LogP contribution is 2.34. The van der Waals surface area contributed by atoms with E-state index in [1.807, 2.05) is 0 Å². The van der Waals surface area contributed by atoms with Crippen molar-refractivity contribution in [3.05, 3.63) is 96.9 Å². The quantitative estimate of drug-likeness (QED) is 0.177. The Morgan fingerprint density at radius 2 is 1.94 bits per heavy atom. The second-order valence-corrected chi connectivity index (χ2v) is 8.01. The van der Waals surface area contributed by atoms with Gasteiger partial charge in [-0.3, -0.25) is 14.9 Å². The number of halogens is 2. The lowest BCUT2D eigenvalue weighted by Gasteiger charge is -2.13. The maximum absolute atomic E-state index is 12.9. The number of nitrogens with one attached hydrogen (secondary N) is 1. The van der Waals surface area contributed by atoms with Crippen LogP contribution in [0.2, 0.25) is 0 Å². The average Bonchev–Trinajstić information content (AvgIpc) is 2.79. The largest absolute Gasteiger partial charge is 0.493 e. The third-order valence-corrected chi connectivity index (χ3v) is 5.24. The number of ether oxygens (including phenoxy) is 2. The van der Waals surface area contributed by atoms with Crippen LogP contribution in [0.1, 0.15) is 16.7 Å². The van der Waals surface area contributed by atoms with Crippen LogP contribution in [-0.4, -0.2) is 24.2 Å². The fourth-order valence-electron chi connectivity index (χ4n) is 2.88. The third kappa shape index (κ3) is 6.97. The van der Waals surface area contributed by atoms with Crippen LogP contribution in [0.25, 0.3) is 0 Å². The summed E-state index contributed by atoms with van der Waals surface area (Å²) in [6.07, 6.45) is 1.54. The molecule has 3 aromatic rings. The molecular formula is C23H19FIN3O5. The standard InChI is InChI=1S/C23H19FIN3O5/c1-32-21-11-17(13-26-27-22(29)12-15-5-7-18(24)8-6-15)10-20(25)23(21)33-14-16-3-2-4-19(9-16)28(30)31/h2-11,13H,12,14H2,1H3,(H,27,29)/b26-13+. The maximum Gasteiger partial charge on any atom is 0.269 e. The summed E-state index contributed by atoms with van der Waals surface area (Å²) in [5, 5.41) is 14.9. The van der Waals surface area contributed by atoms with Gasteiger partial charge in [0.05, 0.1) is 28.2 Å². The van der Waals surface area contributed by atoms with E-state index in [-0.39, 0.29) is 30.4 Å². The molecule has 3 aromatic carbocycles. The molecule has 0 saturated heterocycles. The monoisotopic (exact) mass is 563 g/mol. The van der Waals surface area contributed by atoms with Crippen LogP contribution in [0, 0.1) is 19.5 Å². The summed E-state index contributed by atoms with van der Waals surface area (Å²) in [7, 11) is 1.50. The molecule has 0 atom stereocenters. The van der Waals surface area contributed by atoms with Crippen LogP contribution in [-0.2, 0) is 17.8 Å². The Kier molecular flexibility index (Phi) is 8.30. The van der Waals surface area contributed by atoms with E-state index in [4.69, 9.17) is 9.47 Å². The molecule has 0 aliphatic heterocycles. The molecule has 1 amide bonds.